The highest BCUT2D eigenvalue weighted by Crippen LogP contribution is 2.34. The number of nitrogens with one attached hydrogen (secondary N) is 1. The molecule has 0 aliphatic heterocycles. The number of halogens is 3. The Balaban J connectivity index is 1.93. The van der Waals surface area contributed by atoms with E-state index in [1.165, 1.54) is 18.2 Å². The third kappa shape index (κ3) is 4.34. The van der Waals surface area contributed by atoms with E-state index in [1.807, 2.05) is 12.2 Å². The number of allylic oxidation sites excluding steroid dienone is 2. The topological polar surface area (TPSA) is 49.3 Å². The predicted octanol–water partition coefficient (Wildman–Crippen LogP) is 3.21. The molecule has 2 rings (SSSR count). The Kier molecular flexibility index (Phi) is 5.24. The molecule has 0 radical (unpaired) electrons. The fraction of sp³-hybridized carbons (Fsp3) is 0.438. The Bertz CT molecular complexity index is 555. The lowest BCUT2D eigenvalue weighted by atomic mass is 10.0. The zero-order chi connectivity index (χ0) is 16.2. The van der Waals surface area contributed by atoms with Gasteiger partial charge in [-0.3, -0.25) is 4.79 Å². The average Bonchev–Trinajstić information content (AvgIpc) is 2.96. The molecule has 1 aromatic carbocycles. The number of aliphatic hydroxyl groups excluding tert-OH is 1. The van der Waals surface area contributed by atoms with E-state index in [0.29, 0.717) is 6.42 Å². The van der Waals surface area contributed by atoms with E-state index in [0.717, 1.165) is 18.9 Å². The summed E-state index contributed by atoms with van der Waals surface area (Å²) in [6, 6.07) is 4.84. The van der Waals surface area contributed by atoms with E-state index < -0.39 is 17.8 Å². The van der Waals surface area contributed by atoms with E-state index in [-0.39, 0.29) is 23.9 Å². The minimum atomic E-state index is -4.53. The molecule has 1 aromatic rings. The molecular formula is C16H18F3NO2. The number of rotatable bonds is 5. The van der Waals surface area contributed by atoms with Crippen LogP contribution in [-0.4, -0.2) is 17.6 Å². The van der Waals surface area contributed by atoms with Crippen molar-refractivity contribution in [3.05, 3.63) is 47.5 Å². The molecule has 0 aromatic heterocycles. The number of amides is 1. The summed E-state index contributed by atoms with van der Waals surface area (Å²) in [5.41, 5.74) is -1.11. The van der Waals surface area contributed by atoms with Gasteiger partial charge in [-0.15, -0.1) is 0 Å². The van der Waals surface area contributed by atoms with Gasteiger partial charge < -0.3 is 10.4 Å². The van der Waals surface area contributed by atoms with Gasteiger partial charge in [0.05, 0.1) is 11.7 Å². The van der Waals surface area contributed by atoms with Crippen LogP contribution < -0.4 is 5.32 Å². The van der Waals surface area contributed by atoms with E-state index in [1.54, 1.807) is 0 Å². The van der Waals surface area contributed by atoms with Crippen LogP contribution in [0.25, 0.3) is 0 Å². The summed E-state index contributed by atoms with van der Waals surface area (Å²) >= 11 is 0. The van der Waals surface area contributed by atoms with Gasteiger partial charge >= 0.3 is 6.18 Å². The molecule has 6 heteroatoms. The molecule has 2 unspecified atom stereocenters. The van der Waals surface area contributed by atoms with Crippen molar-refractivity contribution in [3.63, 3.8) is 0 Å². The highest BCUT2D eigenvalue weighted by Gasteiger charge is 2.34. The highest BCUT2D eigenvalue weighted by molar-refractivity contribution is 5.76. The first-order valence-corrected chi connectivity index (χ1v) is 7.15. The van der Waals surface area contributed by atoms with Crippen LogP contribution in [0.2, 0.25) is 0 Å². The van der Waals surface area contributed by atoms with Crippen molar-refractivity contribution in [2.75, 3.05) is 6.54 Å². The molecule has 2 atom stereocenters. The largest absolute Gasteiger partial charge is 0.416 e. The Morgan fingerprint density at radius 1 is 1.36 bits per heavy atom. The summed E-state index contributed by atoms with van der Waals surface area (Å²) in [4.78, 5) is 11.7. The maximum atomic E-state index is 12.9. The smallest absolute Gasteiger partial charge is 0.387 e. The summed E-state index contributed by atoms with van der Waals surface area (Å²) in [5.74, 6) is -0.0836. The first-order chi connectivity index (χ1) is 10.4. The lowest BCUT2D eigenvalue weighted by Crippen LogP contribution is -2.30. The van der Waals surface area contributed by atoms with E-state index in [2.05, 4.69) is 5.32 Å². The number of benzene rings is 1. The highest BCUT2D eigenvalue weighted by atomic mass is 19.4. The number of carbonyl (C=O) groups excluding carboxylic acids is 1. The fourth-order valence-corrected chi connectivity index (χ4v) is 2.54. The Hall–Kier alpha value is -1.82. The molecule has 0 spiro atoms. The van der Waals surface area contributed by atoms with Gasteiger partial charge in [-0.1, -0.05) is 30.4 Å². The first kappa shape index (κ1) is 16.5. The second-order valence-corrected chi connectivity index (χ2v) is 5.37. The summed E-state index contributed by atoms with van der Waals surface area (Å²) in [5, 5.41) is 12.4. The second-order valence-electron chi connectivity index (χ2n) is 5.37. The Morgan fingerprint density at radius 3 is 2.73 bits per heavy atom. The maximum absolute atomic E-state index is 12.9. The molecule has 1 aliphatic rings. The first-order valence-electron chi connectivity index (χ1n) is 7.15. The molecular weight excluding hydrogens is 295 g/mol. The van der Waals surface area contributed by atoms with Crippen molar-refractivity contribution in [1.29, 1.82) is 0 Å². The molecule has 0 heterocycles. The summed E-state index contributed by atoms with van der Waals surface area (Å²) in [7, 11) is 0. The quantitative estimate of drug-likeness (QED) is 0.820. The Labute approximate surface area is 126 Å². The molecule has 0 bridgehead atoms. The van der Waals surface area contributed by atoms with Crippen molar-refractivity contribution in [2.45, 2.75) is 31.5 Å². The number of hydrogen-bond donors (Lipinski definition) is 2. The summed E-state index contributed by atoms with van der Waals surface area (Å²) < 4.78 is 38.6. The third-order valence-corrected chi connectivity index (χ3v) is 3.68. The van der Waals surface area contributed by atoms with Crippen molar-refractivity contribution in [3.8, 4) is 0 Å². The zero-order valence-electron chi connectivity index (χ0n) is 11.9. The van der Waals surface area contributed by atoms with Gasteiger partial charge in [-0.2, -0.15) is 13.2 Å². The van der Waals surface area contributed by atoms with Crippen molar-refractivity contribution in [1.82, 2.24) is 5.32 Å². The van der Waals surface area contributed by atoms with Crippen molar-refractivity contribution in [2.24, 2.45) is 5.92 Å². The van der Waals surface area contributed by atoms with Crippen LogP contribution >= 0.6 is 0 Å². The van der Waals surface area contributed by atoms with Gasteiger partial charge in [0.15, 0.2) is 0 Å². The van der Waals surface area contributed by atoms with Crippen LogP contribution in [0.15, 0.2) is 36.4 Å². The van der Waals surface area contributed by atoms with Crippen LogP contribution in [0.3, 0.4) is 0 Å². The van der Waals surface area contributed by atoms with Crippen LogP contribution in [0, 0.1) is 5.92 Å². The molecule has 0 fully saturated rings. The van der Waals surface area contributed by atoms with Gasteiger partial charge in [0.25, 0.3) is 0 Å². The maximum Gasteiger partial charge on any atom is 0.416 e. The Morgan fingerprint density at radius 2 is 2.09 bits per heavy atom. The van der Waals surface area contributed by atoms with Gasteiger partial charge in [0.2, 0.25) is 5.91 Å². The monoisotopic (exact) mass is 313 g/mol. The molecule has 1 aliphatic carbocycles. The lowest BCUT2D eigenvalue weighted by Gasteiger charge is -2.18. The van der Waals surface area contributed by atoms with Crippen LogP contribution in [0.4, 0.5) is 13.2 Å². The molecule has 1 amide bonds. The van der Waals surface area contributed by atoms with Crippen molar-refractivity contribution < 1.29 is 23.1 Å². The average molecular weight is 313 g/mol. The van der Waals surface area contributed by atoms with Gasteiger partial charge in [-0.25, -0.2) is 0 Å². The number of alkyl halides is 3. The normalized spacial score (nSPS) is 19.2. The van der Waals surface area contributed by atoms with Crippen LogP contribution in [0.1, 0.15) is 36.5 Å². The van der Waals surface area contributed by atoms with E-state index >= 15 is 0 Å². The molecule has 120 valence electrons. The molecule has 0 saturated heterocycles. The number of hydrogen-bond acceptors (Lipinski definition) is 2. The summed E-state index contributed by atoms with van der Waals surface area (Å²) in [6.45, 7) is -0.234. The summed E-state index contributed by atoms with van der Waals surface area (Å²) in [6.07, 6.45) is 0.203. The van der Waals surface area contributed by atoms with Gasteiger partial charge in [-0.05, 0) is 30.4 Å². The van der Waals surface area contributed by atoms with Gasteiger partial charge in [0, 0.05) is 13.0 Å². The van der Waals surface area contributed by atoms with Crippen molar-refractivity contribution >= 4 is 5.91 Å². The van der Waals surface area contributed by atoms with E-state index in [9.17, 15) is 23.1 Å². The van der Waals surface area contributed by atoms with Crippen LogP contribution in [0.5, 0.6) is 0 Å². The third-order valence-electron chi connectivity index (χ3n) is 3.68. The molecule has 2 N–H and O–H groups in total. The van der Waals surface area contributed by atoms with Gasteiger partial charge in [0.1, 0.15) is 0 Å². The second kappa shape index (κ2) is 6.96. The minimum absolute atomic E-state index is 0.180. The molecule has 0 saturated carbocycles. The number of aliphatic hydroxyl groups is 1. The number of carbonyl (C=O) groups is 1. The standard InChI is InChI=1S/C16H18F3NO2/c17-16(18,19)13-8-4-3-7-12(13)14(21)10-20-15(22)9-11-5-1-2-6-11/h1,3-5,7-8,11,14,21H,2,6,9-10H2,(H,20,22). The minimum Gasteiger partial charge on any atom is -0.387 e. The lowest BCUT2D eigenvalue weighted by molar-refractivity contribution is -0.139. The predicted molar refractivity (Wildman–Crippen MR) is 75.9 cm³/mol. The molecule has 3 nitrogen and oxygen atoms in total. The fourth-order valence-electron chi connectivity index (χ4n) is 2.54. The van der Waals surface area contributed by atoms with E-state index in [4.69, 9.17) is 0 Å². The zero-order valence-corrected chi connectivity index (χ0v) is 11.9. The molecule has 22 heavy (non-hydrogen) atoms. The van der Waals surface area contributed by atoms with Crippen LogP contribution in [-0.2, 0) is 11.0 Å². The SMILES string of the molecule is O=C(CC1C=CCC1)NCC(O)c1ccccc1C(F)(F)F.